The molecule has 1 aliphatic rings. The molecule has 45 heavy (non-hydrogen) atoms. The lowest BCUT2D eigenvalue weighted by molar-refractivity contribution is -0.374. The highest BCUT2D eigenvalue weighted by Gasteiger charge is 2.56. The molecule has 252 valence electrons. The molecule has 1 fully saturated rings. The molecule has 1 aromatic rings. The highest BCUT2D eigenvalue weighted by atomic mass is 35.5. The number of likely N-dealkylation sites (N-methyl/N-ethyl adjacent to an activating group) is 1. The van der Waals surface area contributed by atoms with Crippen LogP contribution in [0.2, 0.25) is 5.02 Å². The number of anilines is 1. The van der Waals surface area contributed by atoms with Crippen molar-refractivity contribution in [3.05, 3.63) is 46.5 Å². The highest BCUT2D eigenvalue weighted by molar-refractivity contribution is 8.76. The van der Waals surface area contributed by atoms with Crippen LogP contribution in [0.15, 0.2) is 35.9 Å². The van der Waals surface area contributed by atoms with Gasteiger partial charge in [-0.1, -0.05) is 57.0 Å². The first kappa shape index (κ1) is 39.0. The van der Waals surface area contributed by atoms with Gasteiger partial charge in [-0.25, -0.2) is 4.79 Å². The van der Waals surface area contributed by atoms with Crippen LogP contribution in [0.1, 0.15) is 52.5 Å². The van der Waals surface area contributed by atoms with E-state index in [1.54, 1.807) is 56.6 Å². The zero-order valence-corrected chi connectivity index (χ0v) is 30.1. The summed E-state index contributed by atoms with van der Waals surface area (Å²) in [5.41, 5.74) is 1.25. The Morgan fingerprint density at radius 3 is 2.44 bits per heavy atom. The number of hydrogen-bond donors (Lipinski definition) is 1. The van der Waals surface area contributed by atoms with Crippen LogP contribution in [0.3, 0.4) is 0 Å². The van der Waals surface area contributed by atoms with Crippen molar-refractivity contribution in [3.63, 3.8) is 0 Å². The molecular weight excluding hydrogens is 640 g/mol. The third-order valence-electron chi connectivity index (χ3n) is 7.56. The van der Waals surface area contributed by atoms with E-state index in [1.165, 1.54) is 23.8 Å². The van der Waals surface area contributed by atoms with Gasteiger partial charge in [0.15, 0.2) is 5.79 Å². The SMILES string of the molecule is COC/C=C/C=C(\C)Cc1cc(OC)c(Cl)c(N(C)C(=O)CC(OC(=O)[C@H](C)N(C)C(=O)CCSSC)C2(C)CC(C)(O)O2)c1. The van der Waals surface area contributed by atoms with Gasteiger partial charge in [-0.15, -0.1) is 0 Å². The molecule has 0 spiro atoms. The van der Waals surface area contributed by atoms with Crippen molar-refractivity contribution in [2.45, 2.75) is 76.9 Å². The van der Waals surface area contributed by atoms with Crippen molar-refractivity contribution in [2.24, 2.45) is 0 Å². The van der Waals surface area contributed by atoms with E-state index in [-0.39, 0.29) is 30.2 Å². The molecule has 4 atom stereocenters. The standard InChI is InChI=1S/C32H47ClN2O8S2/c1-21(12-10-11-14-40-7)16-23-17-24(29(33)25(18-23)41-8)35(6)28(37)19-26(31(3)20-32(4,39)43-31)42-30(38)22(2)34(5)27(36)13-15-45-44-9/h10-12,17-18,22,26,39H,13-16,19-20H2,1-9H3/b11-10+,21-12+/t22-,26?,31?,32?/m0/s1. The van der Waals surface area contributed by atoms with Gasteiger partial charge in [-0.05, 0) is 58.1 Å². The van der Waals surface area contributed by atoms with Crippen LogP contribution in [0.25, 0.3) is 0 Å². The molecule has 13 heteroatoms. The molecule has 1 aliphatic heterocycles. The monoisotopic (exact) mass is 686 g/mol. The molecule has 2 rings (SSSR count). The van der Waals surface area contributed by atoms with Gasteiger partial charge in [0.1, 0.15) is 28.5 Å². The molecule has 1 heterocycles. The fraction of sp³-hybridized carbons (Fsp3) is 0.594. The normalized spacial score (nSPS) is 21.2. The number of allylic oxidation sites excluding steroid dienone is 3. The van der Waals surface area contributed by atoms with Crippen LogP contribution in [0.5, 0.6) is 5.75 Å². The topological polar surface area (TPSA) is 115 Å². The minimum atomic E-state index is -1.42. The summed E-state index contributed by atoms with van der Waals surface area (Å²) >= 11 is 6.67. The summed E-state index contributed by atoms with van der Waals surface area (Å²) in [6.07, 6.45) is 7.44. The van der Waals surface area contributed by atoms with Crippen LogP contribution < -0.4 is 9.64 Å². The van der Waals surface area contributed by atoms with Crippen LogP contribution >= 0.6 is 33.2 Å². The van der Waals surface area contributed by atoms with E-state index in [1.807, 2.05) is 43.5 Å². The number of benzene rings is 1. The van der Waals surface area contributed by atoms with Crippen LogP contribution in [-0.4, -0.2) is 98.3 Å². The lowest BCUT2D eigenvalue weighted by Crippen LogP contribution is -2.64. The second-order valence-electron chi connectivity index (χ2n) is 11.5. The van der Waals surface area contributed by atoms with Crippen LogP contribution in [-0.2, 0) is 35.0 Å². The number of nitrogens with zero attached hydrogens (tertiary/aromatic N) is 2. The van der Waals surface area contributed by atoms with Crippen molar-refractivity contribution in [2.75, 3.05) is 51.8 Å². The summed E-state index contributed by atoms with van der Waals surface area (Å²) in [5.74, 6) is -1.65. The molecule has 0 bridgehead atoms. The number of methoxy groups -OCH3 is 2. The van der Waals surface area contributed by atoms with Gasteiger partial charge in [0.25, 0.3) is 0 Å². The first-order valence-corrected chi connectivity index (χ1v) is 17.7. The van der Waals surface area contributed by atoms with Crippen LogP contribution in [0, 0.1) is 0 Å². The van der Waals surface area contributed by atoms with Gasteiger partial charge >= 0.3 is 5.97 Å². The summed E-state index contributed by atoms with van der Waals surface area (Å²) < 4.78 is 22.2. The van der Waals surface area contributed by atoms with Gasteiger partial charge < -0.3 is 33.9 Å². The molecule has 0 saturated carbocycles. The van der Waals surface area contributed by atoms with Crippen molar-refractivity contribution >= 4 is 56.7 Å². The number of aliphatic hydroxyl groups is 1. The van der Waals surface area contributed by atoms with Gasteiger partial charge in [-0.2, -0.15) is 0 Å². The number of esters is 1. The molecule has 1 saturated heterocycles. The van der Waals surface area contributed by atoms with Gasteiger partial charge in [0, 0.05) is 39.8 Å². The van der Waals surface area contributed by atoms with Crippen LogP contribution in [0.4, 0.5) is 5.69 Å². The lowest BCUT2D eigenvalue weighted by Gasteiger charge is -2.52. The minimum Gasteiger partial charge on any atom is -0.495 e. The molecular formula is C32H47ClN2O8S2. The maximum atomic E-state index is 13.7. The Morgan fingerprint density at radius 2 is 1.87 bits per heavy atom. The van der Waals surface area contributed by atoms with E-state index >= 15 is 0 Å². The Kier molecular flexibility index (Phi) is 15.3. The van der Waals surface area contributed by atoms with E-state index < -0.39 is 35.4 Å². The largest absolute Gasteiger partial charge is 0.495 e. The maximum absolute atomic E-state index is 13.7. The number of carbonyl (C=O) groups excluding carboxylic acids is 3. The second-order valence-corrected chi connectivity index (χ2v) is 14.5. The zero-order valence-electron chi connectivity index (χ0n) is 27.7. The number of amides is 2. The maximum Gasteiger partial charge on any atom is 0.328 e. The first-order valence-electron chi connectivity index (χ1n) is 14.6. The predicted molar refractivity (Wildman–Crippen MR) is 182 cm³/mol. The highest BCUT2D eigenvalue weighted by Crippen LogP contribution is 2.44. The average Bonchev–Trinajstić information content (AvgIpc) is 2.97. The molecule has 3 unspecified atom stereocenters. The first-order chi connectivity index (χ1) is 21.1. The molecule has 1 aromatic carbocycles. The smallest absolute Gasteiger partial charge is 0.328 e. The number of ether oxygens (including phenoxy) is 4. The fourth-order valence-electron chi connectivity index (χ4n) is 5.04. The molecule has 1 N–H and O–H groups in total. The number of halogens is 1. The number of hydrogen-bond acceptors (Lipinski definition) is 10. The Morgan fingerprint density at radius 1 is 1.20 bits per heavy atom. The Labute approximate surface area is 280 Å². The van der Waals surface area contributed by atoms with Crippen molar-refractivity contribution in [3.8, 4) is 5.75 Å². The average molecular weight is 687 g/mol. The van der Waals surface area contributed by atoms with Crippen molar-refractivity contribution in [1.82, 2.24) is 4.90 Å². The Bertz CT molecular complexity index is 1250. The van der Waals surface area contributed by atoms with Gasteiger partial charge in [0.2, 0.25) is 11.8 Å². The molecule has 0 aliphatic carbocycles. The summed E-state index contributed by atoms with van der Waals surface area (Å²) in [7, 11) is 9.40. The number of rotatable bonds is 17. The Balaban J connectivity index is 2.29. The fourth-order valence-corrected chi connectivity index (χ4v) is 6.52. The summed E-state index contributed by atoms with van der Waals surface area (Å²) in [4.78, 5) is 42.4. The van der Waals surface area contributed by atoms with E-state index in [9.17, 15) is 19.5 Å². The zero-order chi connectivity index (χ0) is 33.9. The van der Waals surface area contributed by atoms with Gasteiger partial charge in [-0.3, -0.25) is 9.59 Å². The van der Waals surface area contributed by atoms with E-state index in [4.69, 9.17) is 30.5 Å². The molecule has 2 amide bonds. The molecule has 0 radical (unpaired) electrons. The third kappa shape index (κ3) is 11.2. The van der Waals surface area contributed by atoms with E-state index in [2.05, 4.69) is 0 Å². The van der Waals surface area contributed by atoms with Gasteiger partial charge in [0.05, 0.1) is 25.8 Å². The van der Waals surface area contributed by atoms with E-state index in [0.29, 0.717) is 30.2 Å². The Hall–Kier alpha value is -2.22. The summed E-state index contributed by atoms with van der Waals surface area (Å²) in [6, 6.07) is 2.76. The lowest BCUT2D eigenvalue weighted by atomic mass is 9.82. The summed E-state index contributed by atoms with van der Waals surface area (Å²) in [6.45, 7) is 7.27. The van der Waals surface area contributed by atoms with E-state index in [0.717, 1.165) is 11.1 Å². The molecule has 0 aromatic heterocycles. The third-order valence-corrected chi connectivity index (χ3v) is 9.76. The van der Waals surface area contributed by atoms with Crippen molar-refractivity contribution in [1.29, 1.82) is 0 Å². The summed E-state index contributed by atoms with van der Waals surface area (Å²) in [5, 5.41) is 10.6. The minimum absolute atomic E-state index is 0.137. The molecule has 10 nitrogen and oxygen atoms in total. The second kappa shape index (κ2) is 17.6. The predicted octanol–water partition coefficient (Wildman–Crippen LogP) is 5.44. The quantitative estimate of drug-likeness (QED) is 0.0984. The number of carbonyl (C=O) groups is 3. The van der Waals surface area contributed by atoms with Crippen molar-refractivity contribution < 1.29 is 38.4 Å².